The van der Waals surface area contributed by atoms with Crippen molar-refractivity contribution in [3.8, 4) is 5.75 Å². The van der Waals surface area contributed by atoms with Gasteiger partial charge in [-0.3, -0.25) is 4.79 Å². The number of rotatable bonds is 5. The average Bonchev–Trinajstić information content (AvgIpc) is 2.97. The molecular formula is C15H12O5. The molecule has 0 amide bonds. The summed E-state index contributed by atoms with van der Waals surface area (Å²) in [5, 5.41) is 9.09. The Morgan fingerprint density at radius 2 is 2.05 bits per heavy atom. The summed E-state index contributed by atoms with van der Waals surface area (Å²) in [6.45, 7) is 0. The van der Waals surface area contributed by atoms with Crippen LogP contribution in [-0.4, -0.2) is 24.0 Å². The van der Waals surface area contributed by atoms with Crippen LogP contribution in [0.3, 0.4) is 0 Å². The van der Waals surface area contributed by atoms with Gasteiger partial charge in [0.2, 0.25) is 0 Å². The molecule has 1 aromatic carbocycles. The number of benzene rings is 1. The Bertz CT molecular complexity index is 653. The first-order valence-corrected chi connectivity index (χ1v) is 5.79. The molecule has 0 aliphatic heterocycles. The first-order chi connectivity index (χ1) is 9.61. The molecular weight excluding hydrogens is 260 g/mol. The molecule has 0 unspecified atom stereocenters. The number of allylic oxidation sites excluding steroid dienone is 1. The zero-order valence-electron chi connectivity index (χ0n) is 10.7. The molecule has 5 nitrogen and oxygen atoms in total. The summed E-state index contributed by atoms with van der Waals surface area (Å²) in [4.78, 5) is 23.2. The van der Waals surface area contributed by atoms with Crippen LogP contribution in [0.5, 0.6) is 5.75 Å². The maximum atomic E-state index is 12.1. The van der Waals surface area contributed by atoms with E-state index in [1.54, 1.807) is 12.1 Å². The van der Waals surface area contributed by atoms with E-state index in [0.717, 1.165) is 0 Å². The van der Waals surface area contributed by atoms with Gasteiger partial charge in [-0.1, -0.05) is 0 Å². The van der Waals surface area contributed by atoms with Gasteiger partial charge in [0.1, 0.15) is 11.5 Å². The van der Waals surface area contributed by atoms with Crippen molar-refractivity contribution >= 4 is 17.8 Å². The number of hydrogen-bond acceptors (Lipinski definition) is 4. The van der Waals surface area contributed by atoms with Gasteiger partial charge in [-0.25, -0.2) is 4.79 Å². The van der Waals surface area contributed by atoms with Crippen LogP contribution in [-0.2, 0) is 0 Å². The third-order valence-corrected chi connectivity index (χ3v) is 2.66. The van der Waals surface area contributed by atoms with E-state index >= 15 is 0 Å². The van der Waals surface area contributed by atoms with Gasteiger partial charge in [-0.05, 0) is 42.5 Å². The molecule has 1 heterocycles. The van der Waals surface area contributed by atoms with E-state index in [-0.39, 0.29) is 11.1 Å². The summed E-state index contributed by atoms with van der Waals surface area (Å²) in [6.07, 6.45) is 4.23. The fourth-order valence-electron chi connectivity index (χ4n) is 1.67. The van der Waals surface area contributed by atoms with Gasteiger partial charge in [0.25, 0.3) is 0 Å². The number of carboxylic acids is 1. The topological polar surface area (TPSA) is 76.7 Å². The maximum Gasteiger partial charge on any atom is 0.336 e. The molecule has 0 saturated heterocycles. The number of carbonyl (C=O) groups is 2. The minimum absolute atomic E-state index is 0.0691. The van der Waals surface area contributed by atoms with E-state index in [9.17, 15) is 9.59 Å². The number of ether oxygens (including phenoxy) is 1. The smallest absolute Gasteiger partial charge is 0.336 e. The minimum atomic E-state index is -1.16. The van der Waals surface area contributed by atoms with Crippen LogP contribution in [0.1, 0.15) is 26.5 Å². The van der Waals surface area contributed by atoms with Crippen LogP contribution in [0.2, 0.25) is 0 Å². The first kappa shape index (κ1) is 13.6. The number of hydrogen-bond donors (Lipinski definition) is 1. The summed E-state index contributed by atoms with van der Waals surface area (Å²) >= 11 is 0. The lowest BCUT2D eigenvalue weighted by molar-refractivity contribution is 0.0693. The third-order valence-electron chi connectivity index (χ3n) is 2.66. The zero-order valence-corrected chi connectivity index (χ0v) is 10.7. The highest BCUT2D eigenvalue weighted by molar-refractivity contribution is 6.12. The van der Waals surface area contributed by atoms with Gasteiger partial charge < -0.3 is 14.3 Å². The van der Waals surface area contributed by atoms with E-state index in [1.807, 2.05) is 0 Å². The molecule has 0 bridgehead atoms. The summed E-state index contributed by atoms with van der Waals surface area (Å²) in [5.41, 5.74) is -0.000416. The van der Waals surface area contributed by atoms with Crippen molar-refractivity contribution in [2.45, 2.75) is 0 Å². The third kappa shape index (κ3) is 2.95. The zero-order chi connectivity index (χ0) is 14.5. The Labute approximate surface area is 115 Å². The molecule has 102 valence electrons. The second kappa shape index (κ2) is 5.88. The van der Waals surface area contributed by atoms with Gasteiger partial charge in [-0.15, -0.1) is 0 Å². The normalized spacial score (nSPS) is 10.7. The van der Waals surface area contributed by atoms with Crippen LogP contribution >= 0.6 is 0 Å². The summed E-state index contributed by atoms with van der Waals surface area (Å²) in [6, 6.07) is 7.62. The maximum absolute atomic E-state index is 12.1. The molecule has 20 heavy (non-hydrogen) atoms. The van der Waals surface area contributed by atoms with Gasteiger partial charge in [0, 0.05) is 5.56 Å². The molecule has 1 N–H and O–H groups in total. The monoisotopic (exact) mass is 272 g/mol. The van der Waals surface area contributed by atoms with E-state index in [2.05, 4.69) is 0 Å². The second-order valence-corrected chi connectivity index (χ2v) is 3.93. The lowest BCUT2D eigenvalue weighted by Gasteiger charge is -2.05. The highest BCUT2D eigenvalue weighted by Crippen LogP contribution is 2.19. The van der Waals surface area contributed by atoms with Gasteiger partial charge >= 0.3 is 5.97 Å². The van der Waals surface area contributed by atoms with Crippen LogP contribution in [0, 0.1) is 0 Å². The molecule has 0 fully saturated rings. The van der Waals surface area contributed by atoms with Crippen LogP contribution in [0.4, 0.5) is 0 Å². The van der Waals surface area contributed by atoms with Gasteiger partial charge in [0.15, 0.2) is 5.78 Å². The molecule has 2 rings (SSSR count). The molecule has 0 spiro atoms. The summed E-state index contributed by atoms with van der Waals surface area (Å²) in [5.74, 6) is -0.664. The number of carboxylic acid groups (broad SMARTS) is 1. The van der Waals surface area contributed by atoms with Crippen molar-refractivity contribution in [2.24, 2.45) is 0 Å². The fraction of sp³-hybridized carbons (Fsp3) is 0.0667. The number of methoxy groups -OCH3 is 1. The molecule has 2 aromatic rings. The summed E-state index contributed by atoms with van der Waals surface area (Å²) in [7, 11) is 1.45. The van der Waals surface area contributed by atoms with Crippen molar-refractivity contribution in [3.05, 3.63) is 59.6 Å². The van der Waals surface area contributed by atoms with Crippen molar-refractivity contribution in [1.82, 2.24) is 0 Å². The Morgan fingerprint density at radius 3 is 2.65 bits per heavy atom. The molecule has 0 radical (unpaired) electrons. The molecule has 0 atom stereocenters. The minimum Gasteiger partial charge on any atom is -0.497 e. The Kier molecular flexibility index (Phi) is 4.00. The molecule has 1 aromatic heterocycles. The van der Waals surface area contributed by atoms with Crippen LogP contribution in [0.15, 0.2) is 47.1 Å². The fourth-order valence-corrected chi connectivity index (χ4v) is 1.67. The van der Waals surface area contributed by atoms with Crippen molar-refractivity contribution in [2.75, 3.05) is 7.11 Å². The Morgan fingerprint density at radius 1 is 1.25 bits per heavy atom. The average molecular weight is 272 g/mol. The van der Waals surface area contributed by atoms with Gasteiger partial charge in [-0.2, -0.15) is 0 Å². The molecule has 0 aliphatic rings. The van der Waals surface area contributed by atoms with E-state index in [0.29, 0.717) is 11.5 Å². The predicted octanol–water partition coefficient (Wildman–Crippen LogP) is 2.88. The highest BCUT2D eigenvalue weighted by Gasteiger charge is 2.15. The first-order valence-electron chi connectivity index (χ1n) is 5.79. The quantitative estimate of drug-likeness (QED) is 0.669. The highest BCUT2D eigenvalue weighted by atomic mass is 16.5. The Hall–Kier alpha value is -2.82. The predicted molar refractivity (Wildman–Crippen MR) is 72.0 cm³/mol. The second-order valence-electron chi connectivity index (χ2n) is 3.93. The Balaban J connectivity index is 2.34. The summed E-state index contributed by atoms with van der Waals surface area (Å²) < 4.78 is 10.1. The number of furan rings is 1. The largest absolute Gasteiger partial charge is 0.497 e. The standard InChI is InChI=1S/C15H12O5/c1-19-11-4-6-12(15(17)18)13(9-11)14(16)7-5-10-3-2-8-20-10/h2-9H,1H3,(H,17,18). The number of ketones is 1. The molecule has 0 aliphatic carbocycles. The van der Waals surface area contributed by atoms with Crippen molar-refractivity contribution in [3.63, 3.8) is 0 Å². The SMILES string of the molecule is COc1ccc(C(=O)O)c(C(=O)C=Cc2ccco2)c1. The van der Waals surface area contributed by atoms with E-state index in [4.69, 9.17) is 14.3 Å². The van der Waals surface area contributed by atoms with Crippen molar-refractivity contribution in [1.29, 1.82) is 0 Å². The molecule has 5 heteroatoms. The van der Waals surface area contributed by atoms with Crippen molar-refractivity contribution < 1.29 is 23.8 Å². The number of aromatic carboxylic acids is 1. The van der Waals surface area contributed by atoms with E-state index in [1.165, 1.54) is 43.7 Å². The van der Waals surface area contributed by atoms with Gasteiger partial charge in [0.05, 0.1) is 18.9 Å². The van der Waals surface area contributed by atoms with Crippen LogP contribution < -0.4 is 4.74 Å². The molecule has 0 saturated carbocycles. The lowest BCUT2D eigenvalue weighted by atomic mass is 10.0. The number of carbonyl (C=O) groups excluding carboxylic acids is 1. The van der Waals surface area contributed by atoms with E-state index < -0.39 is 11.8 Å². The van der Waals surface area contributed by atoms with Crippen LogP contribution in [0.25, 0.3) is 6.08 Å². The lowest BCUT2D eigenvalue weighted by Crippen LogP contribution is -2.07.